The van der Waals surface area contributed by atoms with Crippen LogP contribution in [0.25, 0.3) is 5.69 Å². The predicted octanol–water partition coefficient (Wildman–Crippen LogP) is 2.77. The Balaban J connectivity index is 2.67. The van der Waals surface area contributed by atoms with Gasteiger partial charge in [0.1, 0.15) is 17.5 Å². The van der Waals surface area contributed by atoms with Crippen LogP contribution in [0.4, 0.5) is 19.0 Å². The SMILES string of the molecule is CCC(C)Nc1c(C#N)c(C(F)(F)F)nn1-c1ccc(S(C)(=O)=O)nc1. The molecule has 1 unspecified atom stereocenters. The van der Waals surface area contributed by atoms with E-state index in [0.717, 1.165) is 17.1 Å². The van der Waals surface area contributed by atoms with Gasteiger partial charge in [-0.15, -0.1) is 0 Å². The third-order valence-corrected chi connectivity index (χ3v) is 4.61. The molecule has 0 bridgehead atoms. The van der Waals surface area contributed by atoms with E-state index in [4.69, 9.17) is 0 Å². The van der Waals surface area contributed by atoms with Crippen LogP contribution < -0.4 is 5.32 Å². The Bertz CT molecular complexity index is 943. The number of halogens is 3. The lowest BCUT2D eigenvalue weighted by atomic mass is 10.2. The highest BCUT2D eigenvalue weighted by Crippen LogP contribution is 2.35. The van der Waals surface area contributed by atoms with Gasteiger partial charge in [0.25, 0.3) is 0 Å². The van der Waals surface area contributed by atoms with Crippen molar-refractivity contribution in [1.29, 1.82) is 5.26 Å². The molecular weight excluding hydrogens is 371 g/mol. The third kappa shape index (κ3) is 3.96. The van der Waals surface area contributed by atoms with Crippen molar-refractivity contribution in [2.24, 2.45) is 0 Å². The molecule has 0 aromatic carbocycles. The van der Waals surface area contributed by atoms with E-state index in [1.165, 1.54) is 12.1 Å². The molecule has 0 fully saturated rings. The molecule has 140 valence electrons. The predicted molar refractivity (Wildman–Crippen MR) is 87.6 cm³/mol. The molecular formula is C15H16F3N5O2S. The second-order valence-electron chi connectivity index (χ2n) is 5.67. The van der Waals surface area contributed by atoms with E-state index in [1.807, 2.05) is 6.92 Å². The van der Waals surface area contributed by atoms with E-state index < -0.39 is 27.3 Å². The van der Waals surface area contributed by atoms with E-state index in [0.29, 0.717) is 6.42 Å². The Morgan fingerprint density at radius 3 is 2.46 bits per heavy atom. The molecule has 2 rings (SSSR count). The number of pyridine rings is 1. The lowest BCUT2D eigenvalue weighted by Gasteiger charge is -2.15. The maximum atomic E-state index is 13.2. The third-order valence-electron chi connectivity index (χ3n) is 3.61. The normalized spacial score (nSPS) is 13.3. The minimum atomic E-state index is -4.82. The number of nitrogens with zero attached hydrogens (tertiary/aromatic N) is 4. The Hall–Kier alpha value is -2.61. The first-order valence-electron chi connectivity index (χ1n) is 7.52. The highest BCUT2D eigenvalue weighted by Gasteiger charge is 2.40. The van der Waals surface area contributed by atoms with Gasteiger partial charge in [-0.3, -0.25) is 0 Å². The quantitative estimate of drug-likeness (QED) is 0.847. The minimum absolute atomic E-state index is 0.0928. The fraction of sp³-hybridized carbons (Fsp3) is 0.400. The van der Waals surface area contributed by atoms with Gasteiger partial charge in [-0.2, -0.15) is 23.5 Å². The topological polar surface area (TPSA) is 101 Å². The van der Waals surface area contributed by atoms with Crippen LogP contribution in [0.5, 0.6) is 0 Å². The number of nitrogens with one attached hydrogen (secondary N) is 1. The monoisotopic (exact) mass is 387 g/mol. The van der Waals surface area contributed by atoms with Crippen LogP contribution in [-0.4, -0.2) is 35.5 Å². The summed E-state index contributed by atoms with van der Waals surface area (Å²) in [7, 11) is -3.55. The molecule has 0 aliphatic heterocycles. The summed E-state index contributed by atoms with van der Waals surface area (Å²) in [4.78, 5) is 3.75. The number of alkyl halides is 3. The molecule has 0 saturated heterocycles. The van der Waals surface area contributed by atoms with Gasteiger partial charge in [0.05, 0.1) is 11.9 Å². The Morgan fingerprint density at radius 1 is 1.38 bits per heavy atom. The maximum absolute atomic E-state index is 13.2. The highest BCUT2D eigenvalue weighted by atomic mass is 32.2. The summed E-state index contributed by atoms with van der Waals surface area (Å²) < 4.78 is 63.6. The van der Waals surface area contributed by atoms with E-state index >= 15 is 0 Å². The van der Waals surface area contributed by atoms with Crippen molar-refractivity contribution in [3.8, 4) is 11.8 Å². The molecule has 2 heterocycles. The first kappa shape index (κ1) is 19.7. The molecule has 0 spiro atoms. The van der Waals surface area contributed by atoms with E-state index in [-0.39, 0.29) is 22.6 Å². The van der Waals surface area contributed by atoms with E-state index in [9.17, 15) is 26.9 Å². The molecule has 2 aromatic heterocycles. The lowest BCUT2D eigenvalue weighted by Crippen LogP contribution is -2.17. The molecule has 0 amide bonds. The van der Waals surface area contributed by atoms with E-state index in [1.54, 1.807) is 13.0 Å². The summed E-state index contributed by atoms with van der Waals surface area (Å²) in [5, 5.41) is 15.4. The van der Waals surface area contributed by atoms with Crippen molar-refractivity contribution in [1.82, 2.24) is 14.8 Å². The minimum Gasteiger partial charge on any atom is -0.366 e. The summed E-state index contributed by atoms with van der Waals surface area (Å²) in [6.45, 7) is 3.58. The lowest BCUT2D eigenvalue weighted by molar-refractivity contribution is -0.141. The highest BCUT2D eigenvalue weighted by molar-refractivity contribution is 7.90. The zero-order valence-electron chi connectivity index (χ0n) is 14.2. The smallest absolute Gasteiger partial charge is 0.366 e. The molecule has 2 aromatic rings. The van der Waals surface area contributed by atoms with E-state index in [2.05, 4.69) is 15.4 Å². The summed E-state index contributed by atoms with van der Waals surface area (Å²) in [6.07, 6.45) is -2.16. The summed E-state index contributed by atoms with van der Waals surface area (Å²) >= 11 is 0. The largest absolute Gasteiger partial charge is 0.436 e. The van der Waals surface area contributed by atoms with Crippen LogP contribution >= 0.6 is 0 Å². The van der Waals surface area contributed by atoms with Crippen molar-refractivity contribution in [3.05, 3.63) is 29.6 Å². The first-order valence-corrected chi connectivity index (χ1v) is 9.41. The van der Waals surface area contributed by atoms with Crippen LogP contribution in [0.15, 0.2) is 23.4 Å². The number of rotatable bonds is 5. The van der Waals surface area contributed by atoms with Crippen LogP contribution in [0, 0.1) is 11.3 Å². The number of hydrogen-bond acceptors (Lipinski definition) is 6. The van der Waals surface area contributed by atoms with Crippen molar-refractivity contribution >= 4 is 15.7 Å². The number of aromatic nitrogens is 3. The standard InChI is InChI=1S/C15H16F3N5O2S/c1-4-9(2)21-14-11(7-19)13(15(16,17)18)22-23(14)10-5-6-12(20-8-10)26(3,24)25/h5-6,8-9,21H,4H2,1-3H3. The van der Waals surface area contributed by atoms with Crippen molar-refractivity contribution in [2.75, 3.05) is 11.6 Å². The number of hydrogen-bond donors (Lipinski definition) is 1. The molecule has 1 atom stereocenters. The molecule has 0 radical (unpaired) electrons. The zero-order valence-corrected chi connectivity index (χ0v) is 15.0. The molecule has 0 aliphatic carbocycles. The summed E-state index contributed by atoms with van der Waals surface area (Å²) in [6, 6.07) is 3.77. The molecule has 7 nitrogen and oxygen atoms in total. The Labute approximate surface area is 148 Å². The fourth-order valence-corrected chi connectivity index (χ4v) is 2.65. The molecule has 1 N–H and O–H groups in total. The van der Waals surface area contributed by atoms with Crippen LogP contribution in [0.3, 0.4) is 0 Å². The Morgan fingerprint density at radius 2 is 2.04 bits per heavy atom. The average molecular weight is 387 g/mol. The number of nitriles is 1. The van der Waals surface area contributed by atoms with Gasteiger partial charge < -0.3 is 5.32 Å². The fourth-order valence-electron chi connectivity index (χ4n) is 2.10. The number of anilines is 1. The average Bonchev–Trinajstić information content (AvgIpc) is 2.92. The molecule has 0 saturated carbocycles. The second-order valence-corrected chi connectivity index (χ2v) is 7.64. The van der Waals surface area contributed by atoms with Gasteiger partial charge in [0, 0.05) is 12.3 Å². The van der Waals surface area contributed by atoms with Crippen molar-refractivity contribution in [3.63, 3.8) is 0 Å². The zero-order chi connectivity index (χ0) is 19.7. The summed E-state index contributed by atoms with van der Waals surface area (Å²) in [5.74, 6) is -0.122. The van der Waals surface area contributed by atoms with Gasteiger partial charge in [0.15, 0.2) is 20.6 Å². The molecule has 26 heavy (non-hydrogen) atoms. The van der Waals surface area contributed by atoms with Gasteiger partial charge in [-0.25, -0.2) is 18.1 Å². The Kier molecular flexibility index (Phi) is 5.27. The first-order chi connectivity index (χ1) is 12.0. The summed E-state index contributed by atoms with van der Waals surface area (Å²) in [5.41, 5.74) is -1.86. The van der Waals surface area contributed by atoms with Crippen molar-refractivity contribution < 1.29 is 21.6 Å². The van der Waals surface area contributed by atoms with Crippen molar-refractivity contribution in [2.45, 2.75) is 37.5 Å². The van der Waals surface area contributed by atoms with Gasteiger partial charge in [-0.1, -0.05) is 6.92 Å². The maximum Gasteiger partial charge on any atom is 0.436 e. The number of sulfone groups is 1. The van der Waals surface area contributed by atoms with Gasteiger partial charge >= 0.3 is 6.18 Å². The van der Waals surface area contributed by atoms with Crippen LogP contribution in [0.2, 0.25) is 0 Å². The molecule has 0 aliphatic rings. The van der Waals surface area contributed by atoms with Gasteiger partial charge in [0.2, 0.25) is 0 Å². The molecule has 11 heteroatoms. The van der Waals surface area contributed by atoms with Crippen LogP contribution in [0.1, 0.15) is 31.5 Å². The van der Waals surface area contributed by atoms with Gasteiger partial charge in [-0.05, 0) is 25.5 Å². The second kappa shape index (κ2) is 6.95. The van der Waals surface area contributed by atoms with Crippen LogP contribution in [-0.2, 0) is 16.0 Å².